The zero-order chi connectivity index (χ0) is 49.1. The molecular weight excluding hydrogens is 1000 g/mol. The van der Waals surface area contributed by atoms with Crippen molar-refractivity contribution in [2.45, 2.75) is 35.0 Å². The highest BCUT2D eigenvalue weighted by atomic mass is 35.5. The van der Waals surface area contributed by atoms with Gasteiger partial charge < -0.3 is 15.4 Å². The monoisotopic (exact) mass is 1030 g/mol. The summed E-state index contributed by atoms with van der Waals surface area (Å²) in [6.45, 7) is 3.92. The van der Waals surface area contributed by atoms with Gasteiger partial charge >= 0.3 is 0 Å². The fourth-order valence-electron chi connectivity index (χ4n) is 6.58. The third kappa shape index (κ3) is 10.8. The van der Waals surface area contributed by atoms with E-state index in [1.807, 2.05) is 6.92 Å². The molecule has 19 nitrogen and oxygen atoms in total. The lowest BCUT2D eigenvalue weighted by atomic mass is 10.0. The van der Waals surface area contributed by atoms with E-state index in [4.69, 9.17) is 27.9 Å². The van der Waals surface area contributed by atoms with Gasteiger partial charge in [-0.25, -0.2) is 4.98 Å². The predicted octanol–water partition coefficient (Wildman–Crippen LogP) is 12.2. The highest BCUT2D eigenvalue weighted by Gasteiger charge is 2.25. The Morgan fingerprint density at radius 1 is 0.691 bits per heavy atom. The topological polar surface area (TPSA) is 306 Å². The largest absolute Gasteiger partial charge is 0.494 e. The van der Waals surface area contributed by atoms with Gasteiger partial charge in [-0.3, -0.25) is 13.7 Å². The van der Waals surface area contributed by atoms with E-state index in [2.05, 4.69) is 48.2 Å². The van der Waals surface area contributed by atoms with Gasteiger partial charge in [0, 0.05) is 38.3 Å². The number of ether oxygens (including phenoxy) is 1. The van der Waals surface area contributed by atoms with Crippen LogP contribution in [0.25, 0.3) is 21.9 Å². The van der Waals surface area contributed by atoms with Crippen LogP contribution in [0.15, 0.2) is 132 Å². The molecule has 0 unspecified atom stereocenters. The molecule has 5 N–H and O–H groups in total. The van der Waals surface area contributed by atoms with Crippen molar-refractivity contribution < 1.29 is 43.6 Å². The Hall–Kier alpha value is -6.90. The Balaban J connectivity index is 1.40. The second-order valence-corrected chi connectivity index (χ2v) is 20.2. The van der Waals surface area contributed by atoms with Gasteiger partial charge in [0.05, 0.1) is 22.9 Å². The van der Waals surface area contributed by atoms with Crippen LogP contribution in [0, 0.1) is 29.6 Å². The summed E-state index contributed by atoms with van der Waals surface area (Å²) < 4.78 is 109. The molecule has 25 heteroatoms. The molecule has 0 saturated heterocycles. The molecule has 0 radical (unpaired) electrons. The van der Waals surface area contributed by atoms with E-state index in [9.17, 15) is 49.4 Å². The molecule has 7 aromatic rings. The van der Waals surface area contributed by atoms with Crippen LogP contribution in [0.1, 0.15) is 30.0 Å². The summed E-state index contributed by atoms with van der Waals surface area (Å²) in [5.41, 5.74) is 1.04. The number of thiophene rings is 1. The molecule has 68 heavy (non-hydrogen) atoms. The Labute approximate surface area is 402 Å². The molecule has 346 valence electrons. The van der Waals surface area contributed by atoms with Crippen LogP contribution in [0.3, 0.4) is 0 Å². The van der Waals surface area contributed by atoms with Crippen molar-refractivity contribution in [2.75, 3.05) is 17.2 Å². The average molecular weight is 1030 g/mol. The second kappa shape index (κ2) is 19.7. The zero-order valence-corrected chi connectivity index (χ0v) is 39.6. The van der Waals surface area contributed by atoms with Crippen molar-refractivity contribution in [1.29, 1.82) is 10.5 Å². The van der Waals surface area contributed by atoms with Crippen LogP contribution < -0.4 is 15.4 Å². The second-order valence-electron chi connectivity index (χ2n) is 14.2. The highest BCUT2D eigenvalue weighted by molar-refractivity contribution is 7.86. The lowest BCUT2D eigenvalue weighted by Crippen LogP contribution is -2.05. The van der Waals surface area contributed by atoms with Gasteiger partial charge in [0.2, 0.25) is 0 Å². The number of hydrogen-bond acceptors (Lipinski definition) is 17. The summed E-state index contributed by atoms with van der Waals surface area (Å²) >= 11 is 13.0. The third-order valence-corrected chi connectivity index (χ3v) is 14.0. The Bertz CT molecular complexity index is 3650. The summed E-state index contributed by atoms with van der Waals surface area (Å²) in [4.78, 5) is 2.63. The maximum Gasteiger partial charge on any atom is 0.296 e. The maximum absolute atomic E-state index is 12.5. The normalized spacial score (nSPS) is 12.1. The molecule has 2 heterocycles. The number of benzene rings is 5. The van der Waals surface area contributed by atoms with Crippen molar-refractivity contribution in [3.8, 4) is 29.0 Å². The zero-order valence-electron chi connectivity index (χ0n) is 34.9. The van der Waals surface area contributed by atoms with Crippen LogP contribution in [-0.4, -0.2) is 50.5 Å². The molecule has 0 aliphatic carbocycles. The molecule has 0 atom stereocenters. The van der Waals surface area contributed by atoms with E-state index in [0.29, 0.717) is 28.6 Å². The van der Waals surface area contributed by atoms with Crippen molar-refractivity contribution in [1.82, 2.24) is 4.98 Å². The molecule has 0 aliphatic rings. The van der Waals surface area contributed by atoms with E-state index in [0.717, 1.165) is 42.0 Å². The lowest BCUT2D eigenvalue weighted by molar-refractivity contribution is 0.317. The highest BCUT2D eigenvalue weighted by Crippen LogP contribution is 2.49. The lowest BCUT2D eigenvalue weighted by Gasteiger charge is -2.16. The van der Waals surface area contributed by atoms with Crippen molar-refractivity contribution in [2.24, 2.45) is 20.5 Å². The quantitative estimate of drug-likeness (QED) is 0.0471. The number of hydrogen-bond donors (Lipinski definition) is 5. The van der Waals surface area contributed by atoms with Crippen molar-refractivity contribution in [3.63, 3.8) is 0 Å². The first-order chi connectivity index (χ1) is 32.2. The minimum Gasteiger partial charge on any atom is -0.494 e. The summed E-state index contributed by atoms with van der Waals surface area (Å²) in [5.74, 6) is 0.483. The summed E-state index contributed by atoms with van der Waals surface area (Å²) in [6.07, 6.45) is 0.741. The molecule has 0 aliphatic heterocycles. The van der Waals surface area contributed by atoms with Crippen LogP contribution in [0.4, 0.5) is 44.4 Å². The van der Waals surface area contributed by atoms with Crippen molar-refractivity contribution in [3.05, 3.63) is 124 Å². The number of rotatable bonds is 15. The van der Waals surface area contributed by atoms with Gasteiger partial charge in [0.1, 0.15) is 48.8 Å². The fourth-order valence-corrected chi connectivity index (χ4v) is 10.0. The van der Waals surface area contributed by atoms with Crippen LogP contribution in [0.2, 0.25) is 10.0 Å². The first kappa shape index (κ1) is 49.0. The molecule has 0 fully saturated rings. The number of fused-ring (bicyclic) bond motifs is 1. The number of halogens is 2. The van der Waals surface area contributed by atoms with E-state index < -0.39 is 45.0 Å². The van der Waals surface area contributed by atoms with Gasteiger partial charge in [0.25, 0.3) is 30.4 Å². The van der Waals surface area contributed by atoms with Crippen LogP contribution >= 0.6 is 34.5 Å². The first-order valence-electron chi connectivity index (χ1n) is 19.4. The van der Waals surface area contributed by atoms with E-state index >= 15 is 0 Å². The molecule has 2 aromatic heterocycles. The predicted molar refractivity (Wildman–Crippen MR) is 255 cm³/mol. The molecule has 0 spiro atoms. The number of nitrogens with one attached hydrogen (secondary N) is 2. The molecular formula is C43H31Cl2N9O10S4. The SMILES string of the molecule is CCCOc1ccc(-c2c(/N=N/c3cc(S(=O)(=O)O)c4cccc(S(=O)(=O)O)c4c3)sc(N=Nc3c(Nc4ccc(Cl)cc4)nc(Nc4ccc(Cl)c(S(=O)(=O)O)c4)c(C#N)c3C)c2C#N)cc1. The molecule has 5 aromatic carbocycles. The van der Waals surface area contributed by atoms with Gasteiger partial charge in [-0.2, -0.15) is 35.8 Å². The summed E-state index contributed by atoms with van der Waals surface area (Å²) in [7, 11) is -14.6. The number of pyridine rings is 1. The van der Waals surface area contributed by atoms with Gasteiger partial charge in [-0.05, 0) is 91.7 Å². The standard InChI is InChI=1S/C43H31Cl2N9O10S4/c1-3-17-64-29-14-7-24(8-15-29)38-33(22-47)42(65-43(38)54-51-28-18-31-30(36(20-28)67(58,59)60)5-4-6-35(31)66(55,56)57)53-52-39-23(2)32(21-46)40(50-41(39)48-26-11-9-25(44)10-12-26)49-27-13-16-34(45)37(19-27)68(61,62)63/h4-16,18-20H,3,17H2,1-2H3,(H2,48,49,50)(H,55,56,57)(H,58,59,60)(H,61,62,63)/b53-52?,54-51+. The minimum absolute atomic E-state index is 0.0137. The average Bonchev–Trinajstić information content (AvgIpc) is 3.64. The fraction of sp³-hybridized carbons (Fsp3) is 0.0930. The molecule has 0 saturated carbocycles. The van der Waals surface area contributed by atoms with Gasteiger partial charge in [-0.1, -0.05) is 65.7 Å². The molecule has 0 amide bonds. The van der Waals surface area contributed by atoms with E-state index in [-0.39, 0.29) is 76.7 Å². The van der Waals surface area contributed by atoms with E-state index in [1.165, 1.54) is 24.3 Å². The maximum atomic E-state index is 12.5. The summed E-state index contributed by atoms with van der Waals surface area (Å²) in [5, 5.41) is 44.3. The third-order valence-electron chi connectivity index (χ3n) is 9.66. The molecule has 0 bridgehead atoms. The molecule has 7 rings (SSSR count). The van der Waals surface area contributed by atoms with Crippen molar-refractivity contribution >= 4 is 120 Å². The summed E-state index contributed by atoms with van der Waals surface area (Å²) in [6, 6.07) is 26.6. The van der Waals surface area contributed by atoms with Gasteiger partial charge in [0.15, 0.2) is 16.6 Å². The first-order valence-corrected chi connectivity index (χ1v) is 25.3. The number of nitriles is 2. The smallest absolute Gasteiger partial charge is 0.296 e. The van der Waals surface area contributed by atoms with Gasteiger partial charge in [-0.15, -0.1) is 20.5 Å². The van der Waals surface area contributed by atoms with Crippen LogP contribution in [0.5, 0.6) is 5.75 Å². The number of azo groups is 2. The number of anilines is 4. The minimum atomic E-state index is -4.99. The number of aromatic nitrogens is 1. The Morgan fingerprint density at radius 3 is 1.96 bits per heavy atom. The van der Waals surface area contributed by atoms with E-state index in [1.54, 1.807) is 55.5 Å². The van der Waals surface area contributed by atoms with Crippen LogP contribution in [-0.2, 0) is 30.4 Å². The Morgan fingerprint density at radius 2 is 1.32 bits per heavy atom. The Kier molecular flexibility index (Phi) is 14.2. The number of nitrogens with zero attached hydrogens (tertiary/aromatic N) is 7.